The van der Waals surface area contributed by atoms with Gasteiger partial charge in [-0.2, -0.15) is 5.10 Å². The van der Waals surface area contributed by atoms with Crippen LogP contribution in [-0.4, -0.2) is 9.78 Å². The summed E-state index contributed by atoms with van der Waals surface area (Å²) in [6.45, 7) is 0. The fourth-order valence-corrected chi connectivity index (χ4v) is 2.19. The molecule has 0 bridgehead atoms. The molecule has 0 aliphatic carbocycles. The molecule has 0 aliphatic rings. The summed E-state index contributed by atoms with van der Waals surface area (Å²) < 4.78 is 41.7. The van der Waals surface area contributed by atoms with Crippen molar-refractivity contribution in [1.82, 2.24) is 9.78 Å². The van der Waals surface area contributed by atoms with Crippen molar-refractivity contribution in [3.05, 3.63) is 70.7 Å². The Labute approximate surface area is 127 Å². The van der Waals surface area contributed by atoms with E-state index in [9.17, 15) is 13.2 Å². The topological polar surface area (TPSA) is 17.8 Å². The van der Waals surface area contributed by atoms with Gasteiger partial charge in [-0.3, -0.25) is 0 Å². The predicted molar refractivity (Wildman–Crippen MR) is 76.6 cm³/mol. The molecular formula is C15H8BrF3N2. The highest BCUT2D eigenvalue weighted by Gasteiger charge is 2.12. The molecule has 0 atom stereocenters. The highest BCUT2D eigenvalue weighted by Crippen LogP contribution is 2.23. The Morgan fingerprint density at radius 1 is 0.905 bits per heavy atom. The van der Waals surface area contributed by atoms with Gasteiger partial charge in [-0.15, -0.1) is 0 Å². The van der Waals surface area contributed by atoms with Gasteiger partial charge in [-0.05, 0) is 17.7 Å². The van der Waals surface area contributed by atoms with Gasteiger partial charge in [0.1, 0.15) is 0 Å². The van der Waals surface area contributed by atoms with Gasteiger partial charge in [0.05, 0.1) is 11.9 Å². The minimum absolute atomic E-state index is 0.120. The van der Waals surface area contributed by atoms with Crippen LogP contribution in [0.15, 0.2) is 53.3 Å². The zero-order valence-electron chi connectivity index (χ0n) is 10.5. The zero-order valence-corrected chi connectivity index (χ0v) is 12.1. The highest BCUT2D eigenvalue weighted by molar-refractivity contribution is 9.10. The predicted octanol–water partition coefficient (Wildman–Crippen LogP) is 4.72. The second kappa shape index (κ2) is 5.37. The van der Waals surface area contributed by atoms with E-state index in [1.54, 1.807) is 12.4 Å². The van der Waals surface area contributed by atoms with Crippen LogP contribution in [-0.2, 0) is 0 Å². The molecule has 3 rings (SSSR count). The molecule has 0 aliphatic heterocycles. The summed E-state index contributed by atoms with van der Waals surface area (Å²) in [5.74, 6) is -3.98. The second-order valence-electron chi connectivity index (χ2n) is 4.40. The van der Waals surface area contributed by atoms with Gasteiger partial charge >= 0.3 is 0 Å². The van der Waals surface area contributed by atoms with Crippen LogP contribution in [0, 0.1) is 17.5 Å². The summed E-state index contributed by atoms with van der Waals surface area (Å²) in [7, 11) is 0. The molecule has 0 saturated carbocycles. The standard InChI is InChI=1S/C15H8BrF3N2/c16-11-3-1-9(2-4-11)10-7-20-21(8-10)12-5-13(17)15(19)14(18)6-12/h1-8H. The maximum atomic E-state index is 13.2. The molecule has 0 fully saturated rings. The summed E-state index contributed by atoms with van der Waals surface area (Å²) in [6.07, 6.45) is 3.19. The van der Waals surface area contributed by atoms with Crippen molar-refractivity contribution in [3.8, 4) is 16.8 Å². The van der Waals surface area contributed by atoms with Crippen LogP contribution in [0.5, 0.6) is 0 Å². The average Bonchev–Trinajstić information content (AvgIpc) is 2.95. The molecule has 0 N–H and O–H groups in total. The Balaban J connectivity index is 2.00. The first-order chi connectivity index (χ1) is 10.0. The third-order valence-electron chi connectivity index (χ3n) is 2.99. The number of nitrogens with zero attached hydrogens (tertiary/aromatic N) is 2. The molecular weight excluding hydrogens is 345 g/mol. The maximum absolute atomic E-state index is 13.2. The van der Waals surface area contributed by atoms with Crippen molar-refractivity contribution in [2.75, 3.05) is 0 Å². The smallest absolute Gasteiger partial charge is 0.194 e. The van der Waals surface area contributed by atoms with Crippen LogP contribution in [0.25, 0.3) is 16.8 Å². The van der Waals surface area contributed by atoms with Crippen molar-refractivity contribution in [3.63, 3.8) is 0 Å². The summed E-state index contributed by atoms with van der Waals surface area (Å²) >= 11 is 3.34. The molecule has 0 saturated heterocycles. The van der Waals surface area contributed by atoms with Gasteiger partial charge in [0, 0.05) is 28.4 Å². The second-order valence-corrected chi connectivity index (χ2v) is 5.32. The van der Waals surface area contributed by atoms with Crippen LogP contribution < -0.4 is 0 Å². The van der Waals surface area contributed by atoms with Crippen LogP contribution in [0.3, 0.4) is 0 Å². The molecule has 2 aromatic carbocycles. The fourth-order valence-electron chi connectivity index (χ4n) is 1.93. The van der Waals surface area contributed by atoms with Crippen molar-refractivity contribution < 1.29 is 13.2 Å². The number of halogens is 4. The summed E-state index contributed by atoms with van der Waals surface area (Å²) in [5, 5.41) is 4.05. The normalized spacial score (nSPS) is 10.9. The quantitative estimate of drug-likeness (QED) is 0.610. The van der Waals surface area contributed by atoms with E-state index < -0.39 is 17.5 Å². The molecule has 1 heterocycles. The first-order valence-corrected chi connectivity index (χ1v) is 6.79. The van der Waals surface area contributed by atoms with E-state index in [0.29, 0.717) is 0 Å². The van der Waals surface area contributed by atoms with E-state index in [1.165, 1.54) is 4.68 Å². The monoisotopic (exact) mass is 352 g/mol. The van der Waals surface area contributed by atoms with Crippen LogP contribution in [0.1, 0.15) is 0 Å². The lowest BCUT2D eigenvalue weighted by atomic mass is 10.1. The van der Waals surface area contributed by atoms with Crippen LogP contribution in [0.2, 0.25) is 0 Å². The van der Waals surface area contributed by atoms with Gasteiger partial charge in [0.2, 0.25) is 0 Å². The number of hydrogen-bond donors (Lipinski definition) is 0. The van der Waals surface area contributed by atoms with Crippen LogP contribution >= 0.6 is 15.9 Å². The van der Waals surface area contributed by atoms with Crippen molar-refractivity contribution >= 4 is 15.9 Å². The number of aromatic nitrogens is 2. The Kier molecular flexibility index (Phi) is 3.55. The fraction of sp³-hybridized carbons (Fsp3) is 0. The molecule has 6 heteroatoms. The molecule has 0 amide bonds. The average molecular weight is 353 g/mol. The Morgan fingerprint density at radius 3 is 2.14 bits per heavy atom. The van der Waals surface area contributed by atoms with Gasteiger partial charge in [0.15, 0.2) is 17.5 Å². The molecule has 0 unspecified atom stereocenters. The Bertz CT molecular complexity index is 774. The van der Waals surface area contributed by atoms with E-state index >= 15 is 0 Å². The van der Waals surface area contributed by atoms with Crippen molar-refractivity contribution in [1.29, 1.82) is 0 Å². The lowest BCUT2D eigenvalue weighted by Crippen LogP contribution is -1.99. The summed E-state index contributed by atoms with van der Waals surface area (Å²) in [4.78, 5) is 0. The molecule has 106 valence electrons. The molecule has 2 nitrogen and oxygen atoms in total. The SMILES string of the molecule is Fc1cc(-n2cc(-c3ccc(Br)cc3)cn2)cc(F)c1F. The van der Waals surface area contributed by atoms with Crippen molar-refractivity contribution in [2.24, 2.45) is 0 Å². The lowest BCUT2D eigenvalue weighted by molar-refractivity contribution is 0.446. The van der Waals surface area contributed by atoms with Gasteiger partial charge < -0.3 is 0 Å². The molecule has 0 radical (unpaired) electrons. The van der Waals surface area contributed by atoms with E-state index in [-0.39, 0.29) is 5.69 Å². The van der Waals surface area contributed by atoms with E-state index in [0.717, 1.165) is 27.7 Å². The molecule has 1 aromatic heterocycles. The minimum Gasteiger partial charge on any atom is -0.240 e. The summed E-state index contributed by atoms with van der Waals surface area (Å²) in [6, 6.07) is 9.33. The molecule has 3 aromatic rings. The third kappa shape index (κ3) is 2.71. The molecule has 21 heavy (non-hydrogen) atoms. The van der Waals surface area contributed by atoms with Gasteiger partial charge in [0.25, 0.3) is 0 Å². The number of benzene rings is 2. The van der Waals surface area contributed by atoms with E-state index in [2.05, 4.69) is 21.0 Å². The first-order valence-electron chi connectivity index (χ1n) is 6.00. The van der Waals surface area contributed by atoms with E-state index in [4.69, 9.17) is 0 Å². The summed E-state index contributed by atoms with van der Waals surface area (Å²) in [5.41, 5.74) is 1.81. The Hall–Kier alpha value is -2.08. The number of hydrogen-bond acceptors (Lipinski definition) is 1. The van der Waals surface area contributed by atoms with Gasteiger partial charge in [-0.25, -0.2) is 17.9 Å². The maximum Gasteiger partial charge on any atom is 0.194 e. The zero-order chi connectivity index (χ0) is 15.0. The van der Waals surface area contributed by atoms with Crippen molar-refractivity contribution in [2.45, 2.75) is 0 Å². The van der Waals surface area contributed by atoms with E-state index in [1.807, 2.05) is 24.3 Å². The third-order valence-corrected chi connectivity index (χ3v) is 3.52. The Morgan fingerprint density at radius 2 is 1.52 bits per heavy atom. The van der Waals surface area contributed by atoms with Gasteiger partial charge in [-0.1, -0.05) is 28.1 Å². The lowest BCUT2D eigenvalue weighted by Gasteiger charge is -2.03. The molecule has 0 spiro atoms. The minimum atomic E-state index is -1.49. The largest absolute Gasteiger partial charge is 0.240 e. The van der Waals surface area contributed by atoms with Crippen LogP contribution in [0.4, 0.5) is 13.2 Å². The highest BCUT2D eigenvalue weighted by atomic mass is 79.9. The first kappa shape index (κ1) is 13.9. The number of rotatable bonds is 2.